The summed E-state index contributed by atoms with van der Waals surface area (Å²) in [6.45, 7) is -1.40. The molecule has 16 heteroatoms. The van der Waals surface area contributed by atoms with Crippen molar-refractivity contribution in [3.63, 3.8) is 0 Å². The number of rotatable bonds is 8. The summed E-state index contributed by atoms with van der Waals surface area (Å²) < 4.78 is 32.6. The minimum absolute atomic E-state index is 0.0288. The Bertz CT molecular complexity index is 1350. The molecular formula is C28H35O16+. The van der Waals surface area contributed by atoms with Gasteiger partial charge in [0.2, 0.25) is 12.6 Å². The zero-order valence-corrected chi connectivity index (χ0v) is 23.2. The highest BCUT2D eigenvalue weighted by Crippen LogP contribution is 2.47. The van der Waals surface area contributed by atoms with E-state index in [0.717, 1.165) is 6.07 Å². The van der Waals surface area contributed by atoms with Crippen molar-refractivity contribution in [2.45, 2.75) is 67.5 Å². The molecule has 2 aromatic rings. The summed E-state index contributed by atoms with van der Waals surface area (Å²) in [5.41, 5.74) is 0.558. The first-order chi connectivity index (χ1) is 21.0. The first-order valence-electron chi connectivity index (χ1n) is 13.6. The quantitative estimate of drug-likeness (QED) is 0.135. The maximum atomic E-state index is 10.6. The van der Waals surface area contributed by atoms with Crippen LogP contribution in [0.15, 0.2) is 36.1 Å². The normalized spacial score (nSPS) is 35.2. The fraction of sp³-hybridized carbons (Fsp3) is 0.500. The molecule has 0 bridgehead atoms. The molecule has 0 amide bonds. The van der Waals surface area contributed by atoms with Crippen molar-refractivity contribution in [3.8, 4) is 28.7 Å². The molecule has 2 fully saturated rings. The molecule has 5 rings (SSSR count). The number of hydrogen-bond donors (Lipinski definition) is 10. The second-order valence-corrected chi connectivity index (χ2v) is 10.5. The summed E-state index contributed by atoms with van der Waals surface area (Å²) in [5, 5.41) is 102. The van der Waals surface area contributed by atoms with Crippen molar-refractivity contribution in [2.75, 3.05) is 20.3 Å². The molecule has 3 aliphatic rings. The lowest BCUT2D eigenvalue weighted by Crippen LogP contribution is -2.60. The van der Waals surface area contributed by atoms with Crippen molar-refractivity contribution in [1.29, 1.82) is 0 Å². The van der Waals surface area contributed by atoms with Gasteiger partial charge >= 0.3 is 0 Å². The summed E-state index contributed by atoms with van der Waals surface area (Å²) >= 11 is 0. The van der Waals surface area contributed by atoms with Crippen molar-refractivity contribution < 1.29 is 79.5 Å². The maximum Gasteiger partial charge on any atom is 0.270 e. The minimum Gasteiger partial charge on any atom is -0.571 e. The molecule has 2 aromatic carbocycles. The molecule has 1 unspecified atom stereocenters. The predicted molar refractivity (Wildman–Crippen MR) is 144 cm³/mol. The van der Waals surface area contributed by atoms with Crippen molar-refractivity contribution >= 4 is 6.08 Å². The Morgan fingerprint density at radius 3 is 1.89 bits per heavy atom. The molecule has 0 radical (unpaired) electrons. The third kappa shape index (κ3) is 5.96. The number of aromatic hydroxyl groups is 3. The van der Waals surface area contributed by atoms with Gasteiger partial charge in [-0.3, -0.25) is 0 Å². The van der Waals surface area contributed by atoms with E-state index in [0.29, 0.717) is 5.56 Å². The van der Waals surface area contributed by atoms with Crippen LogP contribution < -0.4 is 9.47 Å². The van der Waals surface area contributed by atoms with Gasteiger partial charge in [-0.05, 0) is 18.2 Å². The average Bonchev–Trinajstić information content (AvgIpc) is 3.01. The Morgan fingerprint density at radius 1 is 0.727 bits per heavy atom. The highest BCUT2D eigenvalue weighted by atomic mass is 16.7. The van der Waals surface area contributed by atoms with Gasteiger partial charge in [0, 0.05) is 12.1 Å². The Hall–Kier alpha value is -3.42. The lowest BCUT2D eigenvalue weighted by molar-refractivity contribution is -0.295. The van der Waals surface area contributed by atoms with Gasteiger partial charge in [-0.2, -0.15) is 0 Å². The zero-order chi connectivity index (χ0) is 31.9. The van der Waals surface area contributed by atoms with Gasteiger partial charge in [0.1, 0.15) is 65.9 Å². The monoisotopic (exact) mass is 627 g/mol. The highest BCUT2D eigenvalue weighted by Gasteiger charge is 2.48. The van der Waals surface area contributed by atoms with Gasteiger partial charge in [0.25, 0.3) is 11.9 Å². The maximum absolute atomic E-state index is 10.6. The van der Waals surface area contributed by atoms with E-state index in [4.69, 9.17) is 23.7 Å². The second-order valence-electron chi connectivity index (χ2n) is 10.5. The van der Waals surface area contributed by atoms with Gasteiger partial charge in [0.15, 0.2) is 17.3 Å². The van der Waals surface area contributed by atoms with Crippen LogP contribution in [0.25, 0.3) is 6.08 Å². The summed E-state index contributed by atoms with van der Waals surface area (Å²) in [6.07, 6.45) is -15.7. The highest BCUT2D eigenvalue weighted by molar-refractivity contribution is 5.70. The molecule has 11 N–H and O–H groups in total. The standard InChI is InChI=1S/C28H34O16/c1-39-16-4-10(2-3-13(16)32)26-17(42-28-25(38)23(36)21(34)19(9-30)44-28)7-12-14(40-26)5-11(31)6-15(12)41-27-24(37)22(35)20(33)18(8-29)43-27/h2-7,18-38H,8-9H2,1H3/p+1/t18-,19-,20-,21-,22+,23+,24-,25-,26?,27-,28-/m1/s1. The Kier molecular flexibility index (Phi) is 9.38. The van der Waals surface area contributed by atoms with E-state index in [1.165, 1.54) is 37.5 Å². The molecule has 0 aromatic heterocycles. The topological polar surface area (TPSA) is 261 Å². The number of aliphatic hydroxyl groups is 9. The third-order valence-corrected chi connectivity index (χ3v) is 7.64. The van der Waals surface area contributed by atoms with Gasteiger partial charge in [-0.25, -0.2) is 0 Å². The van der Waals surface area contributed by atoms with Crippen LogP contribution in [0.2, 0.25) is 0 Å². The largest absolute Gasteiger partial charge is 0.571 e. The molecule has 242 valence electrons. The van der Waals surface area contributed by atoms with E-state index in [1.807, 2.05) is 0 Å². The summed E-state index contributed by atoms with van der Waals surface area (Å²) in [5.74, 6) is -0.411. The number of hydrogen-bond acceptors (Lipinski definition) is 15. The molecule has 0 spiro atoms. The molecule has 3 heterocycles. The number of benzene rings is 2. The molecule has 0 saturated carbocycles. The Morgan fingerprint density at radius 2 is 1.32 bits per heavy atom. The van der Waals surface area contributed by atoms with Crippen molar-refractivity contribution in [2.24, 2.45) is 0 Å². The van der Waals surface area contributed by atoms with Crippen LogP contribution in [-0.2, 0) is 14.2 Å². The SMILES string of the molecule is COc1cc(C2[OH+]c3cc(O)cc(O[C@@H]4O[C@H](CO)[C@@H](O)[C@H](O)[C@H]4O)c3C=C2O[C@@H]2O[C@H](CO)[C@@H](O)[C@H](O)[C@H]2O)ccc1O. The van der Waals surface area contributed by atoms with Crippen LogP contribution in [0.3, 0.4) is 0 Å². The first kappa shape index (κ1) is 32.0. The van der Waals surface area contributed by atoms with Crippen LogP contribution in [0, 0.1) is 0 Å². The third-order valence-electron chi connectivity index (χ3n) is 7.64. The zero-order valence-electron chi connectivity index (χ0n) is 23.2. The lowest BCUT2D eigenvalue weighted by atomic mass is 9.98. The molecular weight excluding hydrogens is 592 g/mol. The van der Waals surface area contributed by atoms with E-state index < -0.39 is 80.7 Å². The number of phenols is 2. The predicted octanol–water partition coefficient (Wildman–Crippen LogP) is -2.56. The van der Waals surface area contributed by atoms with E-state index in [2.05, 4.69) is 4.74 Å². The van der Waals surface area contributed by atoms with E-state index in [9.17, 15) is 51.1 Å². The van der Waals surface area contributed by atoms with Crippen molar-refractivity contribution in [1.82, 2.24) is 0 Å². The second kappa shape index (κ2) is 12.9. The smallest absolute Gasteiger partial charge is 0.270 e. The number of phenolic OH excluding ortho intramolecular Hbond substituents is 2. The van der Waals surface area contributed by atoms with Crippen LogP contribution in [0.4, 0.5) is 0 Å². The van der Waals surface area contributed by atoms with Crippen LogP contribution in [0.1, 0.15) is 17.2 Å². The fourth-order valence-corrected chi connectivity index (χ4v) is 5.16. The van der Waals surface area contributed by atoms with Crippen LogP contribution in [0.5, 0.6) is 28.7 Å². The van der Waals surface area contributed by atoms with Gasteiger partial charge in [-0.15, -0.1) is 0 Å². The van der Waals surface area contributed by atoms with Crippen LogP contribution in [-0.4, -0.2) is 138 Å². The minimum atomic E-state index is -1.77. The molecule has 16 nitrogen and oxygen atoms in total. The number of ether oxygens (including phenoxy) is 6. The average molecular weight is 628 g/mol. The summed E-state index contributed by atoms with van der Waals surface area (Å²) in [4.78, 5) is 0. The van der Waals surface area contributed by atoms with Crippen molar-refractivity contribution in [3.05, 3.63) is 47.2 Å². The lowest BCUT2D eigenvalue weighted by Gasteiger charge is -2.40. The van der Waals surface area contributed by atoms with Gasteiger partial charge in [0.05, 0.1) is 32.0 Å². The van der Waals surface area contributed by atoms with Crippen LogP contribution >= 0.6 is 0 Å². The fourth-order valence-electron chi connectivity index (χ4n) is 5.16. The summed E-state index contributed by atoms with van der Waals surface area (Å²) in [6, 6.07) is 6.77. The molecule has 44 heavy (non-hydrogen) atoms. The number of fused-ring (bicyclic) bond motifs is 1. The molecule has 0 aliphatic carbocycles. The van der Waals surface area contributed by atoms with E-state index in [-0.39, 0.29) is 40.1 Å². The summed E-state index contributed by atoms with van der Waals surface area (Å²) in [7, 11) is 1.34. The molecule has 11 atom stereocenters. The van der Waals surface area contributed by atoms with Gasteiger partial charge in [-0.1, -0.05) is 0 Å². The van der Waals surface area contributed by atoms with E-state index >= 15 is 0 Å². The number of methoxy groups -OCH3 is 1. The first-order valence-corrected chi connectivity index (χ1v) is 13.6. The Labute approximate surface area is 249 Å². The Balaban J connectivity index is 1.55. The molecule has 2 saturated heterocycles. The molecule has 3 aliphatic heterocycles. The van der Waals surface area contributed by atoms with Gasteiger partial charge < -0.3 is 79.5 Å². The number of aliphatic hydroxyl groups excluding tert-OH is 8. The van der Waals surface area contributed by atoms with E-state index in [1.54, 1.807) is 0 Å².